The molecular weight excluding hydrogens is 305 g/mol. The Morgan fingerprint density at radius 2 is 1.68 bits per heavy atom. The second-order valence-corrected chi connectivity index (χ2v) is 6.92. The Bertz CT molecular complexity index is 714. The van der Waals surface area contributed by atoms with Crippen LogP contribution in [0.2, 0.25) is 10.0 Å². The van der Waals surface area contributed by atoms with Gasteiger partial charge < -0.3 is 5.73 Å². The maximum Gasteiger partial charge on any atom is 0.182 e. The number of nitrogens with two attached hydrogens (primary N) is 1. The van der Waals surface area contributed by atoms with E-state index in [0.717, 1.165) is 0 Å². The predicted octanol–water partition coefficient (Wildman–Crippen LogP) is 3.55. The molecule has 0 aliphatic rings. The molecule has 2 aromatic rings. The van der Waals surface area contributed by atoms with Crippen LogP contribution in [0.5, 0.6) is 0 Å². The molecule has 0 unspecified atom stereocenters. The summed E-state index contributed by atoms with van der Waals surface area (Å²) in [5, 5.41) is 0.825. The molecule has 0 bridgehead atoms. The minimum atomic E-state index is -3.50. The third-order valence-electron chi connectivity index (χ3n) is 2.61. The average Bonchev–Trinajstić information content (AvgIpc) is 2.33. The van der Waals surface area contributed by atoms with Crippen LogP contribution >= 0.6 is 23.2 Å². The van der Waals surface area contributed by atoms with Crippen LogP contribution in [0.4, 0.5) is 5.69 Å². The molecule has 0 aromatic heterocycles. The van der Waals surface area contributed by atoms with Gasteiger partial charge in [-0.2, -0.15) is 0 Å². The number of hydrogen-bond donors (Lipinski definition) is 1. The maximum absolute atomic E-state index is 12.3. The van der Waals surface area contributed by atoms with Crippen LogP contribution in [0.15, 0.2) is 47.4 Å². The Balaban J connectivity index is 2.39. The van der Waals surface area contributed by atoms with Crippen LogP contribution in [0.3, 0.4) is 0 Å². The molecule has 0 atom stereocenters. The Morgan fingerprint density at radius 1 is 1.00 bits per heavy atom. The lowest BCUT2D eigenvalue weighted by Crippen LogP contribution is -2.07. The number of anilines is 1. The normalized spacial score (nSPS) is 11.5. The van der Waals surface area contributed by atoms with Crippen molar-refractivity contribution in [2.45, 2.75) is 10.6 Å². The van der Waals surface area contributed by atoms with Crippen LogP contribution in [0.1, 0.15) is 5.56 Å². The first-order valence-electron chi connectivity index (χ1n) is 5.41. The van der Waals surface area contributed by atoms with Crippen LogP contribution in [-0.2, 0) is 15.6 Å². The van der Waals surface area contributed by atoms with E-state index < -0.39 is 9.84 Å². The van der Waals surface area contributed by atoms with Crippen LogP contribution < -0.4 is 5.73 Å². The van der Waals surface area contributed by atoms with Gasteiger partial charge in [-0.05, 0) is 42.0 Å². The lowest BCUT2D eigenvalue weighted by Gasteiger charge is -2.08. The molecule has 0 spiro atoms. The second-order valence-electron chi connectivity index (χ2n) is 4.06. The molecule has 6 heteroatoms. The van der Waals surface area contributed by atoms with E-state index in [0.29, 0.717) is 21.3 Å². The summed E-state index contributed by atoms with van der Waals surface area (Å²) in [6.07, 6.45) is 0. The van der Waals surface area contributed by atoms with E-state index in [-0.39, 0.29) is 10.6 Å². The van der Waals surface area contributed by atoms with Gasteiger partial charge in [0, 0.05) is 15.7 Å². The maximum atomic E-state index is 12.3. The molecule has 0 aliphatic carbocycles. The summed E-state index contributed by atoms with van der Waals surface area (Å²) in [6.45, 7) is 0. The van der Waals surface area contributed by atoms with Crippen molar-refractivity contribution in [2.75, 3.05) is 5.73 Å². The molecule has 0 fully saturated rings. The molecule has 2 rings (SSSR count). The van der Waals surface area contributed by atoms with Gasteiger partial charge in [-0.3, -0.25) is 0 Å². The highest BCUT2D eigenvalue weighted by Gasteiger charge is 2.17. The van der Waals surface area contributed by atoms with Gasteiger partial charge >= 0.3 is 0 Å². The summed E-state index contributed by atoms with van der Waals surface area (Å²) in [5.74, 6) is -0.209. The smallest absolute Gasteiger partial charge is 0.182 e. The quantitative estimate of drug-likeness (QED) is 0.881. The zero-order valence-corrected chi connectivity index (χ0v) is 12.1. The number of hydrogen-bond acceptors (Lipinski definition) is 3. The predicted molar refractivity (Wildman–Crippen MR) is 78.2 cm³/mol. The number of halogens is 2. The van der Waals surface area contributed by atoms with Gasteiger partial charge in [0.25, 0.3) is 0 Å². The fourth-order valence-electron chi connectivity index (χ4n) is 1.65. The Kier molecular flexibility index (Phi) is 4.04. The zero-order chi connectivity index (χ0) is 14.0. The van der Waals surface area contributed by atoms with Crippen molar-refractivity contribution in [2.24, 2.45) is 0 Å². The van der Waals surface area contributed by atoms with Crippen molar-refractivity contribution >= 4 is 38.7 Å². The van der Waals surface area contributed by atoms with Crippen LogP contribution in [0.25, 0.3) is 0 Å². The number of rotatable bonds is 3. The third kappa shape index (κ3) is 3.41. The molecule has 19 heavy (non-hydrogen) atoms. The molecule has 0 heterocycles. The van der Waals surface area contributed by atoms with Crippen LogP contribution in [0, 0.1) is 0 Å². The summed E-state index contributed by atoms with van der Waals surface area (Å²) in [7, 11) is -3.50. The third-order valence-corrected chi connectivity index (χ3v) is 4.74. The first-order chi connectivity index (χ1) is 8.88. The van der Waals surface area contributed by atoms with Gasteiger partial charge in [0.1, 0.15) is 0 Å². The Hall–Kier alpha value is -1.23. The number of nitrogen functional groups attached to an aromatic ring is 1. The van der Waals surface area contributed by atoms with Crippen molar-refractivity contribution in [3.8, 4) is 0 Å². The van der Waals surface area contributed by atoms with Crippen molar-refractivity contribution in [3.63, 3.8) is 0 Å². The molecule has 0 saturated heterocycles. The summed E-state index contributed by atoms with van der Waals surface area (Å²) in [5.41, 5.74) is 6.63. The lowest BCUT2D eigenvalue weighted by atomic mass is 10.2. The Morgan fingerprint density at radius 3 is 2.37 bits per heavy atom. The van der Waals surface area contributed by atoms with Gasteiger partial charge in [-0.1, -0.05) is 29.3 Å². The van der Waals surface area contributed by atoms with Crippen molar-refractivity contribution in [3.05, 3.63) is 58.1 Å². The molecule has 0 radical (unpaired) electrons. The first-order valence-corrected chi connectivity index (χ1v) is 7.81. The van der Waals surface area contributed by atoms with Crippen molar-refractivity contribution in [1.29, 1.82) is 0 Å². The lowest BCUT2D eigenvalue weighted by molar-refractivity contribution is 0.595. The highest BCUT2D eigenvalue weighted by Crippen LogP contribution is 2.24. The molecular formula is C13H11Cl2NO2S. The molecule has 0 amide bonds. The number of sulfone groups is 1. The van der Waals surface area contributed by atoms with E-state index in [1.54, 1.807) is 30.3 Å². The highest BCUT2D eigenvalue weighted by molar-refractivity contribution is 7.90. The van der Waals surface area contributed by atoms with E-state index in [1.165, 1.54) is 12.1 Å². The van der Waals surface area contributed by atoms with Gasteiger partial charge in [0.2, 0.25) is 0 Å². The molecule has 3 nitrogen and oxygen atoms in total. The van der Waals surface area contributed by atoms with Gasteiger partial charge in [-0.25, -0.2) is 8.42 Å². The van der Waals surface area contributed by atoms with E-state index in [4.69, 9.17) is 28.9 Å². The van der Waals surface area contributed by atoms with Crippen LogP contribution in [-0.4, -0.2) is 8.42 Å². The monoisotopic (exact) mass is 315 g/mol. The summed E-state index contributed by atoms with van der Waals surface area (Å²) in [4.78, 5) is 0.166. The average molecular weight is 316 g/mol. The fraction of sp³-hybridized carbons (Fsp3) is 0.0769. The molecule has 0 saturated carbocycles. The highest BCUT2D eigenvalue weighted by atomic mass is 35.5. The molecule has 0 aliphatic heterocycles. The first kappa shape index (κ1) is 14.2. The van der Waals surface area contributed by atoms with Gasteiger partial charge in [0.05, 0.1) is 10.6 Å². The second kappa shape index (κ2) is 5.41. The summed E-state index contributed by atoms with van der Waals surface area (Å²) < 4.78 is 24.5. The number of benzene rings is 2. The molecule has 2 aromatic carbocycles. The molecule has 2 N–H and O–H groups in total. The largest absolute Gasteiger partial charge is 0.398 e. The van der Waals surface area contributed by atoms with E-state index in [9.17, 15) is 8.42 Å². The van der Waals surface area contributed by atoms with Crippen molar-refractivity contribution < 1.29 is 8.42 Å². The zero-order valence-electron chi connectivity index (χ0n) is 9.81. The SMILES string of the molecule is Nc1ccc(Cl)cc1CS(=O)(=O)c1cccc(Cl)c1. The summed E-state index contributed by atoms with van der Waals surface area (Å²) in [6, 6.07) is 10.9. The summed E-state index contributed by atoms with van der Waals surface area (Å²) >= 11 is 11.6. The minimum absolute atomic E-state index is 0.166. The van der Waals surface area contributed by atoms with Crippen molar-refractivity contribution in [1.82, 2.24) is 0 Å². The van der Waals surface area contributed by atoms with Gasteiger partial charge in [-0.15, -0.1) is 0 Å². The molecule has 100 valence electrons. The van der Waals surface area contributed by atoms with E-state index >= 15 is 0 Å². The fourth-order valence-corrected chi connectivity index (χ4v) is 3.52. The Labute approximate surface area is 121 Å². The van der Waals surface area contributed by atoms with E-state index in [2.05, 4.69) is 0 Å². The standard InChI is InChI=1S/C13H11Cl2NO2S/c14-10-2-1-3-12(7-10)19(17,18)8-9-6-11(15)4-5-13(9)16/h1-7H,8,16H2. The topological polar surface area (TPSA) is 60.2 Å². The van der Waals surface area contributed by atoms with E-state index in [1.807, 2.05) is 0 Å². The minimum Gasteiger partial charge on any atom is -0.398 e. The van der Waals surface area contributed by atoms with Gasteiger partial charge in [0.15, 0.2) is 9.84 Å².